The highest BCUT2D eigenvalue weighted by Crippen LogP contribution is 2.06. The molecule has 72 valence electrons. The Bertz CT molecular complexity index is 216. The topological polar surface area (TPSA) is 61.8 Å². The van der Waals surface area contributed by atoms with Crippen molar-refractivity contribution in [2.24, 2.45) is 0 Å². The van der Waals surface area contributed by atoms with E-state index in [4.69, 9.17) is 9.47 Å². The fourth-order valence-electron chi connectivity index (χ4n) is 0.753. The number of hydrogen-bond donors (Lipinski definition) is 0. The van der Waals surface area contributed by atoms with E-state index in [1.165, 1.54) is 6.92 Å². The second-order valence-electron chi connectivity index (χ2n) is 2.32. The Labute approximate surface area is 71.7 Å². The van der Waals surface area contributed by atoms with Crippen molar-refractivity contribution in [2.45, 2.75) is 13.2 Å². The van der Waals surface area contributed by atoms with Crippen LogP contribution in [0.15, 0.2) is 0 Å². The van der Waals surface area contributed by atoms with Gasteiger partial charge in [0.2, 0.25) is 0 Å². The first-order valence-corrected chi connectivity index (χ1v) is 5.32. The molecule has 1 atom stereocenters. The van der Waals surface area contributed by atoms with E-state index in [2.05, 4.69) is 4.18 Å². The van der Waals surface area contributed by atoms with Gasteiger partial charge in [0.1, 0.15) is 0 Å². The maximum Gasteiger partial charge on any atom is 0.269 e. The predicted octanol–water partition coefficient (Wildman–Crippen LogP) is -0.274. The van der Waals surface area contributed by atoms with E-state index < -0.39 is 16.4 Å². The molecule has 1 aliphatic heterocycles. The van der Waals surface area contributed by atoms with E-state index in [1.807, 2.05) is 0 Å². The molecule has 0 spiro atoms. The normalized spacial score (nSPS) is 25.6. The molecule has 12 heavy (non-hydrogen) atoms. The molecule has 1 heterocycles. The lowest BCUT2D eigenvalue weighted by Crippen LogP contribution is -2.33. The molecule has 0 aromatic heterocycles. The molecule has 1 aliphatic rings. The summed E-state index contributed by atoms with van der Waals surface area (Å²) < 4.78 is 36.4. The summed E-state index contributed by atoms with van der Waals surface area (Å²) in [5.74, 6) is -0.0488. The third kappa shape index (κ3) is 3.06. The summed E-state index contributed by atoms with van der Waals surface area (Å²) in [6.45, 7) is 2.56. The number of hydrogen-bond acceptors (Lipinski definition) is 5. The Kier molecular flexibility index (Phi) is 3.45. The maximum absolute atomic E-state index is 10.9. The first-order chi connectivity index (χ1) is 5.64. The van der Waals surface area contributed by atoms with E-state index in [0.29, 0.717) is 13.2 Å². The molecule has 0 aromatic carbocycles. The van der Waals surface area contributed by atoms with Crippen molar-refractivity contribution in [2.75, 3.05) is 25.6 Å². The minimum absolute atomic E-state index is 0.0488. The van der Waals surface area contributed by atoms with Crippen LogP contribution in [0, 0.1) is 0 Å². The molecule has 1 saturated heterocycles. The van der Waals surface area contributed by atoms with E-state index in [9.17, 15) is 8.42 Å². The summed E-state index contributed by atoms with van der Waals surface area (Å²) in [5, 5.41) is 0. The van der Waals surface area contributed by atoms with Crippen molar-refractivity contribution >= 4 is 10.1 Å². The SMILES string of the molecule is CCS(=O)(=O)OC1COCCO1. The van der Waals surface area contributed by atoms with Crippen molar-refractivity contribution in [1.29, 1.82) is 0 Å². The summed E-state index contributed by atoms with van der Waals surface area (Å²) in [7, 11) is -3.42. The van der Waals surface area contributed by atoms with Gasteiger partial charge in [0.25, 0.3) is 10.1 Å². The summed E-state index contributed by atoms with van der Waals surface area (Å²) >= 11 is 0. The van der Waals surface area contributed by atoms with Gasteiger partial charge in [-0.2, -0.15) is 8.42 Å². The molecule has 0 aliphatic carbocycles. The lowest BCUT2D eigenvalue weighted by molar-refractivity contribution is -0.168. The monoisotopic (exact) mass is 196 g/mol. The van der Waals surface area contributed by atoms with Crippen LogP contribution in [-0.4, -0.2) is 40.3 Å². The van der Waals surface area contributed by atoms with Gasteiger partial charge in [-0.15, -0.1) is 0 Å². The maximum atomic E-state index is 10.9. The van der Waals surface area contributed by atoms with Crippen molar-refractivity contribution in [3.63, 3.8) is 0 Å². The zero-order valence-electron chi connectivity index (χ0n) is 6.86. The van der Waals surface area contributed by atoms with Gasteiger partial charge in [0.15, 0.2) is 6.29 Å². The van der Waals surface area contributed by atoms with Gasteiger partial charge < -0.3 is 9.47 Å². The van der Waals surface area contributed by atoms with Gasteiger partial charge in [-0.05, 0) is 6.92 Å². The summed E-state index contributed by atoms with van der Waals surface area (Å²) in [4.78, 5) is 0. The Morgan fingerprint density at radius 3 is 2.75 bits per heavy atom. The lowest BCUT2D eigenvalue weighted by atomic mass is 10.6. The van der Waals surface area contributed by atoms with E-state index in [1.54, 1.807) is 0 Å². The van der Waals surface area contributed by atoms with Crippen LogP contribution in [0.3, 0.4) is 0 Å². The Balaban J connectivity index is 2.39. The molecule has 1 unspecified atom stereocenters. The highest BCUT2D eigenvalue weighted by molar-refractivity contribution is 7.86. The Morgan fingerprint density at radius 2 is 2.25 bits per heavy atom. The van der Waals surface area contributed by atoms with Crippen LogP contribution in [0.5, 0.6) is 0 Å². The molecule has 0 N–H and O–H groups in total. The largest absolute Gasteiger partial charge is 0.374 e. The van der Waals surface area contributed by atoms with Crippen LogP contribution < -0.4 is 0 Å². The van der Waals surface area contributed by atoms with Crippen LogP contribution in [0.2, 0.25) is 0 Å². The number of ether oxygens (including phenoxy) is 2. The molecule has 6 heteroatoms. The molecule has 0 aromatic rings. The fraction of sp³-hybridized carbons (Fsp3) is 1.00. The highest BCUT2D eigenvalue weighted by Gasteiger charge is 2.21. The van der Waals surface area contributed by atoms with Crippen LogP contribution in [0.1, 0.15) is 6.92 Å². The third-order valence-electron chi connectivity index (χ3n) is 1.39. The van der Waals surface area contributed by atoms with Crippen LogP contribution in [0.25, 0.3) is 0 Å². The van der Waals surface area contributed by atoms with Gasteiger partial charge in [0.05, 0.1) is 25.6 Å². The quantitative estimate of drug-likeness (QED) is 0.581. The van der Waals surface area contributed by atoms with Crippen LogP contribution in [0.4, 0.5) is 0 Å². The lowest BCUT2D eigenvalue weighted by Gasteiger charge is -2.21. The smallest absolute Gasteiger partial charge is 0.269 e. The zero-order chi connectivity index (χ0) is 9.03. The third-order valence-corrected chi connectivity index (χ3v) is 2.61. The fourth-order valence-corrected chi connectivity index (χ4v) is 1.33. The van der Waals surface area contributed by atoms with Crippen molar-refractivity contribution < 1.29 is 22.1 Å². The first kappa shape index (κ1) is 9.91. The highest BCUT2D eigenvalue weighted by atomic mass is 32.2. The van der Waals surface area contributed by atoms with Gasteiger partial charge in [-0.1, -0.05) is 0 Å². The molecule has 1 fully saturated rings. The van der Waals surface area contributed by atoms with Crippen molar-refractivity contribution in [3.05, 3.63) is 0 Å². The molecular formula is C6H12O5S. The Hall–Kier alpha value is -0.170. The average molecular weight is 196 g/mol. The minimum atomic E-state index is -3.42. The van der Waals surface area contributed by atoms with Gasteiger partial charge in [-0.25, -0.2) is 4.18 Å². The standard InChI is InChI=1S/C6H12O5S/c1-2-12(7,8)11-6-5-9-3-4-10-6/h6H,2-5H2,1H3. The molecule has 0 saturated carbocycles. The summed E-state index contributed by atoms with van der Waals surface area (Å²) in [6, 6.07) is 0. The van der Waals surface area contributed by atoms with Gasteiger partial charge in [0, 0.05) is 0 Å². The molecule has 1 rings (SSSR count). The molecule has 0 radical (unpaired) electrons. The molecular weight excluding hydrogens is 184 g/mol. The van der Waals surface area contributed by atoms with Gasteiger partial charge in [-0.3, -0.25) is 0 Å². The van der Waals surface area contributed by atoms with E-state index in [0.717, 1.165) is 0 Å². The second kappa shape index (κ2) is 4.18. The minimum Gasteiger partial charge on any atom is -0.374 e. The Morgan fingerprint density at radius 1 is 1.50 bits per heavy atom. The summed E-state index contributed by atoms with van der Waals surface area (Å²) in [6.07, 6.45) is -0.760. The molecule has 0 amide bonds. The predicted molar refractivity (Wildman–Crippen MR) is 41.1 cm³/mol. The second-order valence-corrected chi connectivity index (χ2v) is 4.20. The summed E-state index contributed by atoms with van der Waals surface area (Å²) in [5.41, 5.74) is 0. The average Bonchev–Trinajstić information content (AvgIpc) is 2.06. The first-order valence-electron chi connectivity index (χ1n) is 3.74. The van der Waals surface area contributed by atoms with Crippen LogP contribution >= 0.6 is 0 Å². The van der Waals surface area contributed by atoms with Crippen LogP contribution in [-0.2, 0) is 23.8 Å². The zero-order valence-corrected chi connectivity index (χ0v) is 7.67. The van der Waals surface area contributed by atoms with Crippen molar-refractivity contribution in [1.82, 2.24) is 0 Å². The number of rotatable bonds is 3. The van der Waals surface area contributed by atoms with Crippen molar-refractivity contribution in [3.8, 4) is 0 Å². The molecule has 0 bridgehead atoms. The van der Waals surface area contributed by atoms with E-state index >= 15 is 0 Å². The van der Waals surface area contributed by atoms with E-state index in [-0.39, 0.29) is 12.4 Å². The van der Waals surface area contributed by atoms with Gasteiger partial charge >= 0.3 is 0 Å². The molecule has 5 nitrogen and oxygen atoms in total.